The van der Waals surface area contributed by atoms with Crippen molar-refractivity contribution in [3.05, 3.63) is 66.2 Å². The number of nitrogens with zero attached hydrogens (tertiary/aromatic N) is 1. The third-order valence-corrected chi connectivity index (χ3v) is 3.25. The second kappa shape index (κ2) is 5.22. The largest absolute Gasteiger partial charge is 0.468 e. The van der Waals surface area contributed by atoms with E-state index in [1.807, 2.05) is 42.6 Å². The van der Waals surface area contributed by atoms with Gasteiger partial charge in [-0.15, -0.1) is 0 Å². The molecule has 4 nitrogen and oxygen atoms in total. The van der Waals surface area contributed by atoms with E-state index < -0.39 is 0 Å². The van der Waals surface area contributed by atoms with Crippen molar-refractivity contribution in [3.63, 3.8) is 0 Å². The highest BCUT2D eigenvalue weighted by molar-refractivity contribution is 5.81. The van der Waals surface area contributed by atoms with Crippen LogP contribution in [-0.4, -0.2) is 4.98 Å². The number of hydrogen-bond donors (Lipinski definition) is 2. The number of para-hydroxylation sites is 1. The first kappa shape index (κ1) is 11.9. The van der Waals surface area contributed by atoms with Crippen LogP contribution in [0.5, 0.6) is 0 Å². The normalized spacial score (nSPS) is 12.7. The third kappa shape index (κ3) is 2.36. The molecule has 0 aliphatic carbocycles. The summed E-state index contributed by atoms with van der Waals surface area (Å²) in [5, 5.41) is 1.15. The zero-order valence-electron chi connectivity index (χ0n) is 10.4. The molecule has 0 amide bonds. The number of hydrogen-bond acceptors (Lipinski definition) is 4. The third-order valence-electron chi connectivity index (χ3n) is 3.25. The van der Waals surface area contributed by atoms with Crippen molar-refractivity contribution in [2.45, 2.75) is 12.5 Å². The number of hydrazine groups is 1. The lowest BCUT2D eigenvalue weighted by Crippen LogP contribution is -2.29. The number of fused-ring (bicyclic) bond motifs is 1. The number of furan rings is 1. The molecule has 1 aromatic carbocycles. The molecule has 0 fully saturated rings. The summed E-state index contributed by atoms with van der Waals surface area (Å²) in [5.74, 6) is 6.47. The molecular formula is C15H15N3O. The van der Waals surface area contributed by atoms with Gasteiger partial charge in [0.15, 0.2) is 0 Å². The van der Waals surface area contributed by atoms with Gasteiger partial charge in [0, 0.05) is 11.6 Å². The van der Waals surface area contributed by atoms with Crippen molar-refractivity contribution in [1.29, 1.82) is 0 Å². The van der Waals surface area contributed by atoms with Crippen LogP contribution in [0.25, 0.3) is 10.9 Å². The number of aromatic nitrogens is 1. The van der Waals surface area contributed by atoms with Crippen molar-refractivity contribution < 1.29 is 4.42 Å². The first-order chi connectivity index (χ1) is 9.38. The van der Waals surface area contributed by atoms with Gasteiger partial charge in [-0.25, -0.2) is 5.43 Å². The van der Waals surface area contributed by atoms with Crippen LogP contribution in [0.1, 0.15) is 17.4 Å². The molecule has 0 saturated carbocycles. The molecule has 4 heteroatoms. The van der Waals surface area contributed by atoms with Gasteiger partial charge in [-0.2, -0.15) is 0 Å². The number of pyridine rings is 1. The van der Waals surface area contributed by atoms with E-state index in [2.05, 4.69) is 16.5 Å². The van der Waals surface area contributed by atoms with Gasteiger partial charge >= 0.3 is 0 Å². The van der Waals surface area contributed by atoms with Gasteiger partial charge in [0.2, 0.25) is 0 Å². The Balaban J connectivity index is 1.96. The molecule has 0 spiro atoms. The Hall–Kier alpha value is -2.17. The predicted octanol–water partition coefficient (Wildman–Crippen LogP) is 2.57. The minimum Gasteiger partial charge on any atom is -0.468 e. The van der Waals surface area contributed by atoms with E-state index in [4.69, 9.17) is 10.3 Å². The summed E-state index contributed by atoms with van der Waals surface area (Å²) in [6, 6.07) is 13.9. The van der Waals surface area contributed by atoms with Gasteiger partial charge in [-0.1, -0.05) is 18.2 Å². The number of nitrogens with one attached hydrogen (secondary N) is 1. The number of rotatable bonds is 4. The van der Waals surface area contributed by atoms with Crippen molar-refractivity contribution in [3.8, 4) is 0 Å². The molecule has 19 heavy (non-hydrogen) atoms. The summed E-state index contributed by atoms with van der Waals surface area (Å²) in [7, 11) is 0. The maximum absolute atomic E-state index is 5.63. The van der Waals surface area contributed by atoms with Gasteiger partial charge in [-0.05, 0) is 36.2 Å². The average molecular weight is 253 g/mol. The molecule has 0 aliphatic rings. The molecule has 2 heterocycles. The highest BCUT2D eigenvalue weighted by Crippen LogP contribution is 2.23. The van der Waals surface area contributed by atoms with E-state index in [0.717, 1.165) is 23.1 Å². The van der Waals surface area contributed by atoms with Gasteiger partial charge in [0.25, 0.3) is 0 Å². The summed E-state index contributed by atoms with van der Waals surface area (Å²) in [4.78, 5) is 4.36. The molecule has 96 valence electrons. The topological polar surface area (TPSA) is 64.1 Å². The number of nitrogens with two attached hydrogens (primary N) is 1. The summed E-state index contributed by atoms with van der Waals surface area (Å²) < 4.78 is 5.41. The molecule has 1 unspecified atom stereocenters. The van der Waals surface area contributed by atoms with Crippen molar-refractivity contribution in [2.75, 3.05) is 0 Å². The smallest absolute Gasteiger partial charge is 0.122 e. The first-order valence-electron chi connectivity index (χ1n) is 6.20. The van der Waals surface area contributed by atoms with E-state index in [1.54, 1.807) is 6.26 Å². The lowest BCUT2D eigenvalue weighted by molar-refractivity contribution is 0.416. The molecule has 1 atom stereocenters. The fraction of sp³-hybridized carbons (Fsp3) is 0.133. The average Bonchev–Trinajstić information content (AvgIpc) is 2.99. The Morgan fingerprint density at radius 2 is 2.05 bits per heavy atom. The van der Waals surface area contributed by atoms with Crippen LogP contribution in [0.3, 0.4) is 0 Å². The standard InChI is InChI=1S/C15H15N3O/c16-18-14(15-6-3-9-19-15)10-11-7-8-17-13-5-2-1-4-12(11)13/h1-9,14,18H,10,16H2. The van der Waals surface area contributed by atoms with Crippen molar-refractivity contribution >= 4 is 10.9 Å². The Morgan fingerprint density at radius 3 is 2.84 bits per heavy atom. The Morgan fingerprint density at radius 1 is 1.16 bits per heavy atom. The van der Waals surface area contributed by atoms with Crippen LogP contribution in [0.2, 0.25) is 0 Å². The second-order valence-corrected chi connectivity index (χ2v) is 4.43. The minimum atomic E-state index is -0.0409. The Kier molecular flexibility index (Phi) is 3.27. The summed E-state index contributed by atoms with van der Waals surface area (Å²) in [6.07, 6.45) is 4.24. The van der Waals surface area contributed by atoms with E-state index in [-0.39, 0.29) is 6.04 Å². The molecule has 3 rings (SSSR count). The Labute approximate surface area is 111 Å². The molecule has 0 radical (unpaired) electrons. The van der Waals surface area contributed by atoms with Crippen LogP contribution in [0, 0.1) is 0 Å². The van der Waals surface area contributed by atoms with Crippen LogP contribution >= 0.6 is 0 Å². The van der Waals surface area contributed by atoms with Gasteiger partial charge in [0.05, 0.1) is 17.8 Å². The predicted molar refractivity (Wildman–Crippen MR) is 74.2 cm³/mol. The van der Waals surface area contributed by atoms with Crippen LogP contribution < -0.4 is 11.3 Å². The highest BCUT2D eigenvalue weighted by atomic mass is 16.3. The van der Waals surface area contributed by atoms with E-state index in [1.165, 1.54) is 5.56 Å². The van der Waals surface area contributed by atoms with Crippen LogP contribution in [-0.2, 0) is 6.42 Å². The Bertz CT molecular complexity index is 659. The fourth-order valence-corrected chi connectivity index (χ4v) is 2.28. The van der Waals surface area contributed by atoms with E-state index in [0.29, 0.717) is 0 Å². The lowest BCUT2D eigenvalue weighted by Gasteiger charge is -2.14. The second-order valence-electron chi connectivity index (χ2n) is 4.43. The maximum atomic E-state index is 5.63. The summed E-state index contributed by atoms with van der Waals surface area (Å²) in [5.41, 5.74) is 5.00. The molecule has 0 aliphatic heterocycles. The molecule has 2 aromatic heterocycles. The van der Waals surface area contributed by atoms with Gasteiger partial charge < -0.3 is 4.42 Å². The van der Waals surface area contributed by atoms with Crippen LogP contribution in [0.4, 0.5) is 0 Å². The maximum Gasteiger partial charge on any atom is 0.122 e. The minimum absolute atomic E-state index is 0.0409. The van der Waals surface area contributed by atoms with Crippen molar-refractivity contribution in [2.24, 2.45) is 5.84 Å². The van der Waals surface area contributed by atoms with E-state index >= 15 is 0 Å². The molecule has 0 bridgehead atoms. The lowest BCUT2D eigenvalue weighted by atomic mass is 10.0. The van der Waals surface area contributed by atoms with Crippen LogP contribution in [0.15, 0.2) is 59.3 Å². The first-order valence-corrected chi connectivity index (χ1v) is 6.20. The quantitative estimate of drug-likeness (QED) is 0.554. The monoisotopic (exact) mass is 253 g/mol. The summed E-state index contributed by atoms with van der Waals surface area (Å²) in [6.45, 7) is 0. The van der Waals surface area contributed by atoms with Crippen molar-refractivity contribution in [1.82, 2.24) is 10.4 Å². The molecule has 0 saturated heterocycles. The highest BCUT2D eigenvalue weighted by Gasteiger charge is 2.14. The van der Waals surface area contributed by atoms with Gasteiger partial charge in [0.1, 0.15) is 5.76 Å². The molecule has 3 N–H and O–H groups in total. The molecular weight excluding hydrogens is 238 g/mol. The fourth-order valence-electron chi connectivity index (χ4n) is 2.28. The van der Waals surface area contributed by atoms with E-state index in [9.17, 15) is 0 Å². The summed E-state index contributed by atoms with van der Waals surface area (Å²) >= 11 is 0. The SMILES string of the molecule is NNC(Cc1ccnc2ccccc12)c1ccco1. The number of benzene rings is 1. The zero-order chi connectivity index (χ0) is 13.1. The zero-order valence-corrected chi connectivity index (χ0v) is 10.4. The molecule has 3 aromatic rings. The van der Waals surface area contributed by atoms with Gasteiger partial charge in [-0.3, -0.25) is 10.8 Å².